The molecule has 0 aliphatic carbocycles. The molecule has 1 saturated heterocycles. The Balaban J connectivity index is 1.50. The van der Waals surface area contributed by atoms with Gasteiger partial charge in [0.15, 0.2) is 6.54 Å². The minimum absolute atomic E-state index is 0.0231. The molecule has 1 amide bonds. The molecule has 4 nitrogen and oxygen atoms in total. The molecule has 1 heterocycles. The number of nitrogens with one attached hydrogen (secondary N) is 2. The van der Waals surface area contributed by atoms with E-state index in [4.69, 9.17) is 0 Å². The van der Waals surface area contributed by atoms with Crippen LogP contribution in [0.1, 0.15) is 5.56 Å². The van der Waals surface area contributed by atoms with Gasteiger partial charge >= 0.3 is 0 Å². The monoisotopic (exact) mass is 328 g/mol. The van der Waals surface area contributed by atoms with E-state index in [0.717, 1.165) is 37.4 Å². The SMILES string of the molecule is Cc1cccc(NC(=O)C[NH+]2CCN(c3ccccc3F)CC2)c1. The Bertz CT molecular complexity index is 711. The van der Waals surface area contributed by atoms with Crippen molar-refractivity contribution in [1.82, 2.24) is 0 Å². The highest BCUT2D eigenvalue weighted by Gasteiger charge is 2.23. The van der Waals surface area contributed by atoms with Gasteiger partial charge in [0, 0.05) is 5.69 Å². The fraction of sp³-hybridized carbons (Fsp3) is 0.316. The third-order valence-electron chi connectivity index (χ3n) is 4.38. The van der Waals surface area contributed by atoms with Gasteiger partial charge in [0.25, 0.3) is 5.91 Å². The van der Waals surface area contributed by atoms with Crippen molar-refractivity contribution < 1.29 is 14.1 Å². The van der Waals surface area contributed by atoms with Crippen LogP contribution in [0.15, 0.2) is 48.5 Å². The number of amides is 1. The molecule has 5 heteroatoms. The number of hydrogen-bond donors (Lipinski definition) is 2. The molecular weight excluding hydrogens is 305 g/mol. The molecule has 1 aliphatic rings. The van der Waals surface area contributed by atoms with E-state index in [9.17, 15) is 9.18 Å². The predicted octanol–water partition coefficient (Wildman–Crippen LogP) is 1.48. The lowest BCUT2D eigenvalue weighted by atomic mass is 10.2. The number of anilines is 2. The fourth-order valence-corrected chi connectivity index (χ4v) is 3.10. The Kier molecular flexibility index (Phi) is 5.11. The van der Waals surface area contributed by atoms with Crippen molar-refractivity contribution in [3.05, 3.63) is 59.9 Å². The number of para-hydroxylation sites is 1. The first kappa shape index (κ1) is 16.5. The van der Waals surface area contributed by atoms with Gasteiger partial charge in [-0.15, -0.1) is 0 Å². The number of nitrogens with zero attached hydrogens (tertiary/aromatic N) is 1. The zero-order valence-electron chi connectivity index (χ0n) is 13.9. The lowest BCUT2D eigenvalue weighted by Gasteiger charge is -2.33. The van der Waals surface area contributed by atoms with Gasteiger partial charge in [-0.05, 0) is 36.8 Å². The second-order valence-electron chi connectivity index (χ2n) is 6.28. The van der Waals surface area contributed by atoms with Crippen molar-refractivity contribution >= 4 is 17.3 Å². The zero-order chi connectivity index (χ0) is 16.9. The van der Waals surface area contributed by atoms with Crippen molar-refractivity contribution in [1.29, 1.82) is 0 Å². The Labute approximate surface area is 141 Å². The second kappa shape index (κ2) is 7.45. The summed E-state index contributed by atoms with van der Waals surface area (Å²) in [5.41, 5.74) is 2.61. The van der Waals surface area contributed by atoms with Gasteiger partial charge in [0.05, 0.1) is 31.9 Å². The molecular formula is C19H23FN3O+. The zero-order valence-corrected chi connectivity index (χ0v) is 13.9. The van der Waals surface area contributed by atoms with Gasteiger partial charge in [0.2, 0.25) is 0 Å². The van der Waals surface area contributed by atoms with Crippen LogP contribution in [0, 0.1) is 12.7 Å². The quantitative estimate of drug-likeness (QED) is 0.892. The first-order valence-corrected chi connectivity index (χ1v) is 8.31. The summed E-state index contributed by atoms with van der Waals surface area (Å²) in [6.07, 6.45) is 0. The standard InChI is InChI=1S/C19H22FN3O/c1-15-5-4-6-16(13-15)21-19(24)14-22-9-11-23(12-10-22)18-8-3-2-7-17(18)20/h2-8,13H,9-12,14H2,1H3,(H,21,24)/p+1. The molecule has 0 spiro atoms. The van der Waals surface area contributed by atoms with Crippen molar-refractivity contribution in [2.75, 3.05) is 42.9 Å². The molecule has 0 radical (unpaired) electrons. The lowest BCUT2D eigenvalue weighted by molar-refractivity contribution is -0.892. The maximum absolute atomic E-state index is 13.8. The molecule has 0 saturated carbocycles. The molecule has 2 N–H and O–H groups in total. The van der Waals surface area contributed by atoms with E-state index in [1.165, 1.54) is 11.0 Å². The van der Waals surface area contributed by atoms with Crippen LogP contribution in [0.2, 0.25) is 0 Å². The number of aryl methyl sites for hydroxylation is 1. The lowest BCUT2D eigenvalue weighted by Crippen LogP contribution is -3.15. The van der Waals surface area contributed by atoms with Crippen LogP contribution in [0.4, 0.5) is 15.8 Å². The number of carbonyl (C=O) groups excluding carboxylic acids is 1. The van der Waals surface area contributed by atoms with Gasteiger partial charge in [-0.3, -0.25) is 4.79 Å². The summed E-state index contributed by atoms with van der Waals surface area (Å²) in [6, 6.07) is 14.7. The van der Waals surface area contributed by atoms with Crippen LogP contribution in [-0.4, -0.2) is 38.6 Å². The Hall–Kier alpha value is -2.40. The molecule has 1 fully saturated rings. The maximum atomic E-state index is 13.8. The normalized spacial score (nSPS) is 15.3. The van der Waals surface area contributed by atoms with Gasteiger partial charge in [0.1, 0.15) is 5.82 Å². The molecule has 0 bridgehead atoms. The summed E-state index contributed by atoms with van der Waals surface area (Å²) in [5, 5.41) is 2.95. The summed E-state index contributed by atoms with van der Waals surface area (Å²) < 4.78 is 13.8. The number of quaternary nitrogens is 1. The van der Waals surface area contributed by atoms with E-state index in [1.54, 1.807) is 6.07 Å². The van der Waals surface area contributed by atoms with Crippen LogP contribution in [0.25, 0.3) is 0 Å². The summed E-state index contributed by atoms with van der Waals surface area (Å²) >= 11 is 0. The van der Waals surface area contributed by atoms with Crippen LogP contribution in [0.3, 0.4) is 0 Å². The van der Waals surface area contributed by atoms with E-state index >= 15 is 0 Å². The Morgan fingerprint density at radius 3 is 2.62 bits per heavy atom. The third kappa shape index (κ3) is 4.11. The number of benzene rings is 2. The number of halogens is 1. The minimum Gasteiger partial charge on any atom is -0.358 e. The average molecular weight is 328 g/mol. The van der Waals surface area contributed by atoms with E-state index in [1.807, 2.05) is 43.3 Å². The third-order valence-corrected chi connectivity index (χ3v) is 4.38. The highest BCUT2D eigenvalue weighted by atomic mass is 19.1. The van der Waals surface area contributed by atoms with E-state index in [-0.39, 0.29) is 11.7 Å². The first-order valence-electron chi connectivity index (χ1n) is 8.31. The predicted molar refractivity (Wildman–Crippen MR) is 94.0 cm³/mol. The summed E-state index contributed by atoms with van der Waals surface area (Å²) in [5.74, 6) is -0.159. The highest BCUT2D eigenvalue weighted by Crippen LogP contribution is 2.18. The van der Waals surface area contributed by atoms with E-state index < -0.39 is 0 Å². The van der Waals surface area contributed by atoms with Crippen LogP contribution in [-0.2, 0) is 4.79 Å². The minimum atomic E-state index is -0.182. The fourth-order valence-electron chi connectivity index (χ4n) is 3.10. The average Bonchev–Trinajstić information content (AvgIpc) is 2.56. The number of carbonyl (C=O) groups is 1. The number of rotatable bonds is 4. The highest BCUT2D eigenvalue weighted by molar-refractivity contribution is 5.91. The van der Waals surface area contributed by atoms with E-state index in [0.29, 0.717) is 12.2 Å². The summed E-state index contributed by atoms with van der Waals surface area (Å²) in [6.45, 7) is 5.62. The van der Waals surface area contributed by atoms with Crippen molar-refractivity contribution in [2.45, 2.75) is 6.92 Å². The second-order valence-corrected chi connectivity index (χ2v) is 6.28. The maximum Gasteiger partial charge on any atom is 0.279 e. The largest absolute Gasteiger partial charge is 0.358 e. The van der Waals surface area contributed by atoms with Crippen LogP contribution >= 0.6 is 0 Å². The molecule has 0 atom stereocenters. The van der Waals surface area contributed by atoms with Crippen LogP contribution < -0.4 is 15.1 Å². The van der Waals surface area contributed by atoms with Gasteiger partial charge < -0.3 is 15.1 Å². The molecule has 2 aromatic carbocycles. The number of piperazine rings is 1. The Morgan fingerprint density at radius 1 is 1.17 bits per heavy atom. The molecule has 0 aromatic heterocycles. The Morgan fingerprint density at radius 2 is 1.92 bits per heavy atom. The molecule has 0 unspecified atom stereocenters. The molecule has 3 rings (SSSR count). The van der Waals surface area contributed by atoms with Gasteiger partial charge in [-0.1, -0.05) is 24.3 Å². The molecule has 126 valence electrons. The van der Waals surface area contributed by atoms with Crippen molar-refractivity contribution in [2.24, 2.45) is 0 Å². The van der Waals surface area contributed by atoms with Crippen molar-refractivity contribution in [3.63, 3.8) is 0 Å². The van der Waals surface area contributed by atoms with Crippen molar-refractivity contribution in [3.8, 4) is 0 Å². The van der Waals surface area contributed by atoms with Crippen LogP contribution in [0.5, 0.6) is 0 Å². The topological polar surface area (TPSA) is 36.8 Å². The van der Waals surface area contributed by atoms with Gasteiger partial charge in [-0.25, -0.2) is 4.39 Å². The molecule has 2 aromatic rings. The first-order chi connectivity index (χ1) is 11.6. The molecule has 24 heavy (non-hydrogen) atoms. The summed E-state index contributed by atoms with van der Waals surface area (Å²) in [7, 11) is 0. The number of hydrogen-bond acceptors (Lipinski definition) is 2. The smallest absolute Gasteiger partial charge is 0.279 e. The summed E-state index contributed by atoms with van der Waals surface area (Å²) in [4.78, 5) is 15.5. The van der Waals surface area contributed by atoms with E-state index in [2.05, 4.69) is 10.2 Å². The van der Waals surface area contributed by atoms with Gasteiger partial charge in [-0.2, -0.15) is 0 Å². The molecule has 1 aliphatic heterocycles.